The number of likely N-dealkylation sites (tertiary alicyclic amines) is 1. The van der Waals surface area contributed by atoms with E-state index in [1.807, 2.05) is 6.07 Å². The lowest BCUT2D eigenvalue weighted by Crippen LogP contribution is -2.29. The number of benzene rings is 2. The van der Waals surface area contributed by atoms with Crippen LogP contribution >= 0.6 is 0 Å². The molecule has 1 aliphatic heterocycles. The zero-order valence-electron chi connectivity index (χ0n) is 18.6. The van der Waals surface area contributed by atoms with Crippen molar-refractivity contribution in [2.24, 2.45) is 5.92 Å². The summed E-state index contributed by atoms with van der Waals surface area (Å²) in [6, 6.07) is 12.0. The highest BCUT2D eigenvalue weighted by atomic mass is 16.5. The van der Waals surface area contributed by atoms with Gasteiger partial charge in [-0.1, -0.05) is 31.5 Å². The number of amides is 3. The number of methoxy groups -OCH3 is 2. The Morgan fingerprint density at radius 2 is 1.66 bits per heavy atom. The molecule has 1 fully saturated rings. The number of unbranched alkanes of at least 4 members (excludes halogenated alkanes) is 1. The summed E-state index contributed by atoms with van der Waals surface area (Å²) >= 11 is 0. The Morgan fingerprint density at radius 1 is 1.03 bits per heavy atom. The highest BCUT2D eigenvalue weighted by molar-refractivity contribution is 6.06. The number of carbonyl (C=O) groups excluding carboxylic acids is 3. The van der Waals surface area contributed by atoms with Gasteiger partial charge in [0.1, 0.15) is 11.5 Å². The van der Waals surface area contributed by atoms with Gasteiger partial charge in [0.15, 0.2) is 0 Å². The summed E-state index contributed by atoms with van der Waals surface area (Å²) in [5, 5.41) is 5.66. The molecule has 1 saturated heterocycles. The van der Waals surface area contributed by atoms with Gasteiger partial charge in [-0.3, -0.25) is 14.4 Å². The molecule has 0 bridgehead atoms. The second-order valence-corrected chi connectivity index (χ2v) is 7.66. The van der Waals surface area contributed by atoms with E-state index >= 15 is 0 Å². The van der Waals surface area contributed by atoms with Gasteiger partial charge in [0.25, 0.3) is 5.91 Å². The summed E-state index contributed by atoms with van der Waals surface area (Å²) < 4.78 is 10.9. The van der Waals surface area contributed by atoms with Crippen molar-refractivity contribution in [2.45, 2.75) is 26.2 Å². The number of anilines is 2. The van der Waals surface area contributed by atoms with Crippen molar-refractivity contribution in [3.05, 3.63) is 48.0 Å². The number of hydrogen-bond donors (Lipinski definition) is 2. The van der Waals surface area contributed by atoms with Crippen LogP contribution in [-0.2, 0) is 9.59 Å². The van der Waals surface area contributed by atoms with Crippen LogP contribution in [0.1, 0.15) is 36.5 Å². The van der Waals surface area contributed by atoms with E-state index in [0.29, 0.717) is 41.5 Å². The zero-order chi connectivity index (χ0) is 23.1. The van der Waals surface area contributed by atoms with E-state index in [1.165, 1.54) is 14.2 Å². The standard InChI is InChI=1S/C24H29N3O5/c1-4-5-11-27-15-17(12-22(27)28)24(30)26-19-14-20(31-2)18(13-21(19)32-3)25-23(29)16-9-7-6-8-10-16/h6-10,13-14,17H,4-5,11-12,15H2,1-3H3,(H,25,29)(H,26,30). The molecule has 1 aliphatic rings. The van der Waals surface area contributed by atoms with E-state index in [2.05, 4.69) is 17.6 Å². The van der Waals surface area contributed by atoms with Crippen LogP contribution in [0.25, 0.3) is 0 Å². The highest BCUT2D eigenvalue weighted by Crippen LogP contribution is 2.37. The smallest absolute Gasteiger partial charge is 0.255 e. The molecule has 3 amide bonds. The van der Waals surface area contributed by atoms with Crippen LogP contribution in [0.5, 0.6) is 11.5 Å². The molecule has 0 aliphatic carbocycles. The maximum absolute atomic E-state index is 12.8. The average Bonchev–Trinajstić information content (AvgIpc) is 3.19. The number of nitrogens with zero attached hydrogens (tertiary/aromatic N) is 1. The fourth-order valence-corrected chi connectivity index (χ4v) is 3.62. The Balaban J connectivity index is 1.75. The van der Waals surface area contributed by atoms with Crippen LogP contribution in [0.3, 0.4) is 0 Å². The Labute approximate surface area is 187 Å². The lowest BCUT2D eigenvalue weighted by atomic mass is 10.1. The maximum atomic E-state index is 12.8. The summed E-state index contributed by atoms with van der Waals surface area (Å²) in [7, 11) is 2.96. The first-order valence-corrected chi connectivity index (χ1v) is 10.7. The molecule has 1 heterocycles. The molecule has 0 spiro atoms. The first kappa shape index (κ1) is 23.1. The summed E-state index contributed by atoms with van der Waals surface area (Å²) in [5.74, 6) is -0.222. The third-order valence-corrected chi connectivity index (χ3v) is 5.43. The van der Waals surface area contributed by atoms with Crippen molar-refractivity contribution in [2.75, 3.05) is 37.9 Å². The third-order valence-electron chi connectivity index (χ3n) is 5.43. The predicted molar refractivity (Wildman–Crippen MR) is 122 cm³/mol. The van der Waals surface area contributed by atoms with Gasteiger partial charge in [-0.15, -0.1) is 0 Å². The molecule has 2 aromatic rings. The number of ether oxygens (including phenoxy) is 2. The molecule has 1 atom stereocenters. The molecule has 8 nitrogen and oxygen atoms in total. The second kappa shape index (κ2) is 10.7. The Hall–Kier alpha value is -3.55. The average molecular weight is 440 g/mol. The summed E-state index contributed by atoms with van der Waals surface area (Å²) in [4.78, 5) is 39.3. The summed E-state index contributed by atoms with van der Waals surface area (Å²) in [6.45, 7) is 3.15. The summed E-state index contributed by atoms with van der Waals surface area (Å²) in [6.07, 6.45) is 2.10. The third kappa shape index (κ3) is 5.38. The van der Waals surface area contributed by atoms with Gasteiger partial charge >= 0.3 is 0 Å². The highest BCUT2D eigenvalue weighted by Gasteiger charge is 2.34. The topological polar surface area (TPSA) is 97.0 Å². The number of hydrogen-bond acceptors (Lipinski definition) is 5. The molecule has 0 radical (unpaired) electrons. The molecule has 0 saturated carbocycles. The van der Waals surface area contributed by atoms with Gasteiger partial charge < -0.3 is 25.0 Å². The van der Waals surface area contributed by atoms with Crippen LogP contribution in [0, 0.1) is 5.92 Å². The minimum Gasteiger partial charge on any atom is -0.494 e. The van der Waals surface area contributed by atoms with Gasteiger partial charge in [0, 0.05) is 37.2 Å². The molecule has 1 unspecified atom stereocenters. The van der Waals surface area contributed by atoms with Crippen molar-refractivity contribution in [1.82, 2.24) is 4.90 Å². The normalized spacial score (nSPS) is 15.4. The Morgan fingerprint density at radius 3 is 2.25 bits per heavy atom. The fraction of sp³-hybridized carbons (Fsp3) is 0.375. The van der Waals surface area contributed by atoms with Crippen LogP contribution in [-0.4, -0.2) is 49.9 Å². The molecule has 2 aromatic carbocycles. The van der Waals surface area contributed by atoms with Crippen molar-refractivity contribution < 1.29 is 23.9 Å². The molecule has 0 aromatic heterocycles. The number of carbonyl (C=O) groups is 3. The Bertz CT molecular complexity index is 977. The van der Waals surface area contributed by atoms with E-state index in [9.17, 15) is 14.4 Å². The lowest BCUT2D eigenvalue weighted by Gasteiger charge is -2.18. The quantitative estimate of drug-likeness (QED) is 0.623. The molecular formula is C24H29N3O5. The van der Waals surface area contributed by atoms with Crippen molar-refractivity contribution in [3.8, 4) is 11.5 Å². The van der Waals surface area contributed by atoms with Gasteiger partial charge in [-0.25, -0.2) is 0 Å². The molecule has 2 N–H and O–H groups in total. The SMILES string of the molecule is CCCCN1CC(C(=O)Nc2cc(OC)c(NC(=O)c3ccccc3)cc2OC)CC1=O. The van der Waals surface area contributed by atoms with E-state index < -0.39 is 5.92 Å². The van der Waals surface area contributed by atoms with Crippen molar-refractivity contribution >= 4 is 29.1 Å². The minimum atomic E-state index is -0.424. The van der Waals surface area contributed by atoms with Gasteiger partial charge in [-0.2, -0.15) is 0 Å². The fourth-order valence-electron chi connectivity index (χ4n) is 3.62. The van der Waals surface area contributed by atoms with Crippen LogP contribution in [0.15, 0.2) is 42.5 Å². The first-order chi connectivity index (χ1) is 15.5. The van der Waals surface area contributed by atoms with Crippen molar-refractivity contribution in [3.63, 3.8) is 0 Å². The van der Waals surface area contributed by atoms with Crippen LogP contribution in [0.4, 0.5) is 11.4 Å². The van der Waals surface area contributed by atoms with E-state index in [-0.39, 0.29) is 24.1 Å². The lowest BCUT2D eigenvalue weighted by molar-refractivity contribution is -0.128. The van der Waals surface area contributed by atoms with E-state index in [1.54, 1.807) is 41.3 Å². The summed E-state index contributed by atoms with van der Waals surface area (Å²) in [5.41, 5.74) is 1.33. The first-order valence-electron chi connectivity index (χ1n) is 10.7. The van der Waals surface area contributed by atoms with E-state index in [0.717, 1.165) is 12.8 Å². The second-order valence-electron chi connectivity index (χ2n) is 7.66. The van der Waals surface area contributed by atoms with Gasteiger partial charge in [0.05, 0.1) is 31.5 Å². The largest absolute Gasteiger partial charge is 0.494 e. The number of nitrogens with one attached hydrogen (secondary N) is 2. The maximum Gasteiger partial charge on any atom is 0.255 e. The minimum absolute atomic E-state index is 0.00196. The van der Waals surface area contributed by atoms with Crippen LogP contribution < -0.4 is 20.1 Å². The van der Waals surface area contributed by atoms with Crippen LogP contribution in [0.2, 0.25) is 0 Å². The van der Waals surface area contributed by atoms with E-state index in [4.69, 9.17) is 9.47 Å². The van der Waals surface area contributed by atoms with Crippen molar-refractivity contribution in [1.29, 1.82) is 0 Å². The predicted octanol–water partition coefficient (Wildman–Crippen LogP) is 3.54. The molecule has 3 rings (SSSR count). The Kier molecular flexibility index (Phi) is 7.70. The zero-order valence-corrected chi connectivity index (χ0v) is 18.6. The van der Waals surface area contributed by atoms with Gasteiger partial charge in [0.2, 0.25) is 11.8 Å². The molecule has 8 heteroatoms. The molecular weight excluding hydrogens is 410 g/mol. The monoisotopic (exact) mass is 439 g/mol. The molecule has 32 heavy (non-hydrogen) atoms. The van der Waals surface area contributed by atoms with Gasteiger partial charge in [-0.05, 0) is 18.6 Å². The molecule has 170 valence electrons. The number of rotatable bonds is 9.